The number of rotatable bonds is 5. The molecule has 2 heterocycles. The van der Waals surface area contributed by atoms with Crippen LogP contribution in [0.25, 0.3) is 0 Å². The van der Waals surface area contributed by atoms with Gasteiger partial charge in [0.1, 0.15) is 17.6 Å². The van der Waals surface area contributed by atoms with E-state index >= 15 is 0 Å². The van der Waals surface area contributed by atoms with E-state index in [9.17, 15) is 4.79 Å². The van der Waals surface area contributed by atoms with Crippen molar-refractivity contribution in [2.24, 2.45) is 0 Å². The van der Waals surface area contributed by atoms with Gasteiger partial charge in [0, 0.05) is 17.8 Å². The van der Waals surface area contributed by atoms with E-state index in [1.807, 2.05) is 12.1 Å². The number of hydrogen-bond acceptors (Lipinski definition) is 5. The molecule has 2 aromatic rings. The van der Waals surface area contributed by atoms with Crippen LogP contribution < -0.4 is 14.2 Å². The van der Waals surface area contributed by atoms with Crippen molar-refractivity contribution in [1.29, 1.82) is 0 Å². The number of ether oxygens (including phenoxy) is 3. The number of halogens is 1. The lowest BCUT2D eigenvalue weighted by molar-refractivity contribution is 0.0156. The molecule has 0 saturated carbocycles. The zero-order valence-corrected chi connectivity index (χ0v) is 14.9. The van der Waals surface area contributed by atoms with E-state index in [0.29, 0.717) is 36.0 Å². The number of pyridine rings is 1. The first-order valence-corrected chi connectivity index (χ1v) is 8.19. The monoisotopic (exact) mass is 392 g/mol. The van der Waals surface area contributed by atoms with Gasteiger partial charge in [0.15, 0.2) is 0 Å². The van der Waals surface area contributed by atoms with Gasteiger partial charge >= 0.3 is 0 Å². The fourth-order valence-corrected chi connectivity index (χ4v) is 2.76. The minimum absolute atomic E-state index is 0.0624. The Kier molecular flexibility index (Phi) is 4.89. The maximum absolute atomic E-state index is 12.6. The molecule has 1 aliphatic heterocycles. The van der Waals surface area contributed by atoms with Crippen molar-refractivity contribution in [1.82, 2.24) is 9.88 Å². The lowest BCUT2D eigenvalue weighted by Gasteiger charge is -2.38. The number of amides is 1. The lowest BCUT2D eigenvalue weighted by Crippen LogP contribution is -2.56. The molecule has 24 heavy (non-hydrogen) atoms. The van der Waals surface area contributed by atoms with Crippen LogP contribution in [0.4, 0.5) is 0 Å². The van der Waals surface area contributed by atoms with Gasteiger partial charge in [-0.05, 0) is 40.2 Å². The second-order valence-electron chi connectivity index (χ2n) is 5.34. The van der Waals surface area contributed by atoms with Crippen molar-refractivity contribution in [3.05, 3.63) is 46.6 Å². The third kappa shape index (κ3) is 3.46. The summed E-state index contributed by atoms with van der Waals surface area (Å²) >= 11 is 3.39. The van der Waals surface area contributed by atoms with Gasteiger partial charge < -0.3 is 19.1 Å². The van der Waals surface area contributed by atoms with Crippen LogP contribution in [0.3, 0.4) is 0 Å². The molecule has 1 aromatic heterocycles. The summed E-state index contributed by atoms with van der Waals surface area (Å²) in [6.45, 7) is 1.03. The van der Waals surface area contributed by atoms with E-state index in [1.165, 1.54) is 0 Å². The van der Waals surface area contributed by atoms with Crippen molar-refractivity contribution in [3.8, 4) is 17.4 Å². The minimum atomic E-state index is -0.0767. The largest absolute Gasteiger partial charge is 0.497 e. The van der Waals surface area contributed by atoms with Crippen molar-refractivity contribution in [2.45, 2.75) is 6.10 Å². The normalized spacial score (nSPS) is 14.0. The molecule has 3 rings (SSSR count). The first-order chi connectivity index (χ1) is 11.6. The summed E-state index contributed by atoms with van der Waals surface area (Å²) in [7, 11) is 3.11. The minimum Gasteiger partial charge on any atom is -0.497 e. The van der Waals surface area contributed by atoms with Crippen molar-refractivity contribution < 1.29 is 19.0 Å². The number of carbonyl (C=O) groups is 1. The summed E-state index contributed by atoms with van der Waals surface area (Å²) < 4.78 is 17.0. The van der Waals surface area contributed by atoms with Gasteiger partial charge in [-0.1, -0.05) is 0 Å². The number of aromatic nitrogens is 1. The molecule has 1 fully saturated rings. The molecule has 6 nitrogen and oxygen atoms in total. The van der Waals surface area contributed by atoms with Gasteiger partial charge in [0.25, 0.3) is 5.91 Å². The smallest absolute Gasteiger partial charge is 0.254 e. The van der Waals surface area contributed by atoms with Gasteiger partial charge in [0.2, 0.25) is 5.88 Å². The highest BCUT2D eigenvalue weighted by Crippen LogP contribution is 2.27. The van der Waals surface area contributed by atoms with E-state index in [-0.39, 0.29) is 12.0 Å². The predicted octanol–water partition coefficient (Wildman–Crippen LogP) is 2.76. The molecule has 1 aliphatic rings. The Balaban J connectivity index is 1.63. The van der Waals surface area contributed by atoms with Crippen LogP contribution in [0.1, 0.15) is 10.4 Å². The maximum Gasteiger partial charge on any atom is 0.254 e. The molecular weight excluding hydrogens is 376 g/mol. The second kappa shape index (κ2) is 7.09. The molecule has 1 saturated heterocycles. The summed E-state index contributed by atoms with van der Waals surface area (Å²) in [6.07, 6.45) is 1.61. The highest BCUT2D eigenvalue weighted by Gasteiger charge is 2.33. The fraction of sp³-hybridized carbons (Fsp3) is 0.294. The van der Waals surface area contributed by atoms with Crippen molar-refractivity contribution in [2.75, 3.05) is 27.3 Å². The van der Waals surface area contributed by atoms with E-state index in [1.54, 1.807) is 43.5 Å². The zero-order valence-electron chi connectivity index (χ0n) is 13.4. The Bertz CT molecular complexity index is 725. The topological polar surface area (TPSA) is 60.9 Å². The average molecular weight is 393 g/mol. The van der Waals surface area contributed by atoms with Gasteiger partial charge in [-0.3, -0.25) is 4.79 Å². The summed E-state index contributed by atoms with van der Waals surface area (Å²) in [5.74, 6) is 1.64. The van der Waals surface area contributed by atoms with Crippen LogP contribution in [-0.2, 0) is 0 Å². The Morgan fingerprint density at radius 2 is 1.88 bits per heavy atom. The number of likely N-dealkylation sites (tertiary alicyclic amines) is 1. The Morgan fingerprint density at radius 3 is 2.46 bits per heavy atom. The Morgan fingerprint density at radius 1 is 1.21 bits per heavy atom. The van der Waals surface area contributed by atoms with Gasteiger partial charge in [-0.25, -0.2) is 4.98 Å². The first kappa shape index (κ1) is 16.6. The average Bonchev–Trinajstić information content (AvgIpc) is 2.58. The maximum atomic E-state index is 12.6. The quantitative estimate of drug-likeness (QED) is 0.782. The molecule has 0 atom stereocenters. The molecule has 0 N–H and O–H groups in total. The number of methoxy groups -OCH3 is 2. The molecule has 0 radical (unpaired) electrons. The standard InChI is InChI=1S/C17H17BrN2O4/c1-22-12-6-11(7-13(8-12)23-2)17(21)20-9-14(10-20)24-16-15(18)4-3-5-19-16/h3-8,14H,9-10H2,1-2H3. The summed E-state index contributed by atoms with van der Waals surface area (Å²) in [4.78, 5) is 18.4. The summed E-state index contributed by atoms with van der Waals surface area (Å²) in [5, 5.41) is 0. The third-order valence-corrected chi connectivity index (χ3v) is 4.34. The number of hydrogen-bond donors (Lipinski definition) is 0. The van der Waals surface area contributed by atoms with Gasteiger partial charge in [-0.2, -0.15) is 0 Å². The third-order valence-electron chi connectivity index (χ3n) is 3.74. The first-order valence-electron chi connectivity index (χ1n) is 7.40. The molecule has 7 heteroatoms. The van der Waals surface area contributed by atoms with Crippen LogP contribution in [-0.4, -0.2) is 49.2 Å². The van der Waals surface area contributed by atoms with E-state index in [4.69, 9.17) is 14.2 Å². The number of nitrogens with zero attached hydrogens (tertiary/aromatic N) is 2. The highest BCUT2D eigenvalue weighted by molar-refractivity contribution is 9.10. The zero-order chi connectivity index (χ0) is 17.1. The molecule has 0 unspecified atom stereocenters. The SMILES string of the molecule is COc1cc(OC)cc(C(=O)N2CC(Oc3ncccc3Br)C2)c1. The molecule has 0 bridgehead atoms. The van der Waals surface area contributed by atoms with Crippen molar-refractivity contribution >= 4 is 21.8 Å². The van der Waals surface area contributed by atoms with E-state index in [0.717, 1.165) is 4.47 Å². The molecule has 126 valence electrons. The number of carbonyl (C=O) groups excluding carboxylic acids is 1. The fourth-order valence-electron chi connectivity index (χ4n) is 2.41. The van der Waals surface area contributed by atoms with Crippen LogP contribution >= 0.6 is 15.9 Å². The predicted molar refractivity (Wildman–Crippen MR) is 91.8 cm³/mol. The Hall–Kier alpha value is -2.28. The van der Waals surface area contributed by atoms with E-state index < -0.39 is 0 Å². The van der Waals surface area contributed by atoms with Crippen LogP contribution in [0.2, 0.25) is 0 Å². The molecule has 1 aromatic carbocycles. The van der Waals surface area contributed by atoms with Crippen LogP contribution in [0.15, 0.2) is 41.0 Å². The van der Waals surface area contributed by atoms with Crippen LogP contribution in [0, 0.1) is 0 Å². The van der Waals surface area contributed by atoms with Gasteiger partial charge in [0.05, 0.1) is 31.8 Å². The highest BCUT2D eigenvalue weighted by atomic mass is 79.9. The number of benzene rings is 1. The summed E-state index contributed by atoms with van der Waals surface area (Å²) in [6, 6.07) is 8.83. The van der Waals surface area contributed by atoms with E-state index in [2.05, 4.69) is 20.9 Å². The van der Waals surface area contributed by atoms with Gasteiger partial charge in [-0.15, -0.1) is 0 Å². The molecule has 0 aliphatic carbocycles. The van der Waals surface area contributed by atoms with Crippen molar-refractivity contribution in [3.63, 3.8) is 0 Å². The Labute approximate surface area is 148 Å². The second-order valence-corrected chi connectivity index (χ2v) is 6.20. The molecule has 0 spiro atoms. The molecule has 1 amide bonds. The summed E-state index contributed by atoms with van der Waals surface area (Å²) in [5.41, 5.74) is 0.531. The van der Waals surface area contributed by atoms with Crippen LogP contribution in [0.5, 0.6) is 17.4 Å². The lowest BCUT2D eigenvalue weighted by atomic mass is 10.1. The molecular formula is C17H17BrN2O4.